The summed E-state index contributed by atoms with van der Waals surface area (Å²) in [6.07, 6.45) is 0. The molecule has 1 heterocycles. The molecule has 0 amide bonds. The third kappa shape index (κ3) is 3.53. The number of ether oxygens (including phenoxy) is 2. The van der Waals surface area contributed by atoms with E-state index in [9.17, 15) is 9.90 Å². The minimum Gasteiger partial charge on any atom is -0.465 e. The van der Waals surface area contributed by atoms with E-state index in [4.69, 9.17) is 9.47 Å². The van der Waals surface area contributed by atoms with Crippen LogP contribution in [-0.4, -0.2) is 49.4 Å². The molecule has 5 heteroatoms. The van der Waals surface area contributed by atoms with Crippen molar-refractivity contribution >= 4 is 5.97 Å². The van der Waals surface area contributed by atoms with Crippen LogP contribution in [0.25, 0.3) is 0 Å². The van der Waals surface area contributed by atoms with Crippen molar-refractivity contribution in [2.24, 2.45) is 0 Å². The summed E-state index contributed by atoms with van der Waals surface area (Å²) in [7, 11) is 1.34. The predicted molar refractivity (Wildman–Crippen MR) is 69.8 cm³/mol. The Hall–Kier alpha value is -1.43. The lowest BCUT2D eigenvalue weighted by Gasteiger charge is -2.26. The first-order chi connectivity index (χ1) is 9.24. The molecule has 1 saturated heterocycles. The Kier molecular flexibility index (Phi) is 4.90. The Bertz CT molecular complexity index is 441. The lowest BCUT2D eigenvalue weighted by Crippen LogP contribution is -2.35. The van der Waals surface area contributed by atoms with E-state index in [1.807, 2.05) is 12.1 Å². The second-order valence-electron chi connectivity index (χ2n) is 4.53. The van der Waals surface area contributed by atoms with E-state index < -0.39 is 5.97 Å². The van der Waals surface area contributed by atoms with Gasteiger partial charge in [0.15, 0.2) is 0 Å². The largest absolute Gasteiger partial charge is 0.465 e. The molecular weight excluding hydrogens is 246 g/mol. The molecule has 1 aliphatic rings. The number of rotatable bonds is 4. The zero-order valence-corrected chi connectivity index (χ0v) is 11.1. The third-order valence-electron chi connectivity index (χ3n) is 3.26. The molecule has 0 aliphatic carbocycles. The van der Waals surface area contributed by atoms with Crippen LogP contribution in [0, 0.1) is 0 Å². The van der Waals surface area contributed by atoms with Gasteiger partial charge in [0.1, 0.15) is 0 Å². The van der Waals surface area contributed by atoms with Gasteiger partial charge in [0.05, 0.1) is 32.5 Å². The zero-order valence-electron chi connectivity index (χ0n) is 11.1. The van der Waals surface area contributed by atoms with Crippen molar-refractivity contribution in [2.45, 2.75) is 13.2 Å². The maximum Gasteiger partial charge on any atom is 0.338 e. The summed E-state index contributed by atoms with van der Waals surface area (Å²) in [5, 5.41) is 9.35. The summed E-state index contributed by atoms with van der Waals surface area (Å²) < 4.78 is 10.00. The molecule has 1 fully saturated rings. The van der Waals surface area contributed by atoms with Crippen LogP contribution >= 0.6 is 0 Å². The highest BCUT2D eigenvalue weighted by Crippen LogP contribution is 2.15. The number of methoxy groups -OCH3 is 1. The Morgan fingerprint density at radius 2 is 2.16 bits per heavy atom. The van der Waals surface area contributed by atoms with Crippen LogP contribution in [0.15, 0.2) is 18.2 Å². The molecule has 104 valence electrons. The van der Waals surface area contributed by atoms with Gasteiger partial charge in [-0.2, -0.15) is 0 Å². The van der Waals surface area contributed by atoms with Crippen molar-refractivity contribution in [1.29, 1.82) is 0 Å². The lowest BCUT2D eigenvalue weighted by atomic mass is 10.0. The summed E-state index contributed by atoms with van der Waals surface area (Å²) in [6.45, 7) is 3.97. The van der Waals surface area contributed by atoms with Crippen molar-refractivity contribution in [1.82, 2.24) is 4.90 Å². The average Bonchev–Trinajstić information content (AvgIpc) is 2.47. The molecule has 0 aromatic heterocycles. The van der Waals surface area contributed by atoms with E-state index in [-0.39, 0.29) is 6.61 Å². The third-order valence-corrected chi connectivity index (χ3v) is 3.26. The fourth-order valence-electron chi connectivity index (χ4n) is 2.20. The molecule has 0 spiro atoms. The molecule has 0 saturated carbocycles. The van der Waals surface area contributed by atoms with Gasteiger partial charge in [-0.1, -0.05) is 12.1 Å². The van der Waals surface area contributed by atoms with Crippen LogP contribution in [0.5, 0.6) is 0 Å². The van der Waals surface area contributed by atoms with Gasteiger partial charge in [0, 0.05) is 19.6 Å². The van der Waals surface area contributed by atoms with Crippen molar-refractivity contribution in [3.63, 3.8) is 0 Å². The van der Waals surface area contributed by atoms with Crippen LogP contribution in [0.3, 0.4) is 0 Å². The lowest BCUT2D eigenvalue weighted by molar-refractivity contribution is 0.0341. The van der Waals surface area contributed by atoms with E-state index in [2.05, 4.69) is 4.90 Å². The summed E-state index contributed by atoms with van der Waals surface area (Å²) in [6, 6.07) is 5.48. The van der Waals surface area contributed by atoms with E-state index in [1.54, 1.807) is 6.07 Å². The highest BCUT2D eigenvalue weighted by molar-refractivity contribution is 5.91. The van der Waals surface area contributed by atoms with Gasteiger partial charge in [-0.15, -0.1) is 0 Å². The summed E-state index contributed by atoms with van der Waals surface area (Å²) in [5.74, 6) is -0.415. The molecule has 2 rings (SSSR count). The Morgan fingerprint density at radius 3 is 2.79 bits per heavy atom. The summed E-state index contributed by atoms with van der Waals surface area (Å²) in [4.78, 5) is 13.8. The SMILES string of the molecule is COC(=O)c1ccc(CN2CCOCC2)cc1CO. The molecule has 1 N–H and O–H groups in total. The van der Waals surface area contributed by atoms with Crippen LogP contribution in [0.2, 0.25) is 0 Å². The first-order valence-electron chi connectivity index (χ1n) is 6.35. The number of aliphatic hydroxyl groups excluding tert-OH is 1. The molecule has 19 heavy (non-hydrogen) atoms. The van der Waals surface area contributed by atoms with Crippen LogP contribution in [0.1, 0.15) is 21.5 Å². The minimum atomic E-state index is -0.415. The molecular formula is C14H19NO4. The number of benzene rings is 1. The molecule has 5 nitrogen and oxygen atoms in total. The second kappa shape index (κ2) is 6.65. The smallest absolute Gasteiger partial charge is 0.338 e. The second-order valence-corrected chi connectivity index (χ2v) is 4.53. The number of esters is 1. The van der Waals surface area contributed by atoms with Crippen molar-refractivity contribution in [3.05, 3.63) is 34.9 Å². The predicted octanol–water partition coefficient (Wildman–Crippen LogP) is 0.798. The van der Waals surface area contributed by atoms with Gasteiger partial charge in [0.25, 0.3) is 0 Å². The summed E-state index contributed by atoms with van der Waals surface area (Å²) >= 11 is 0. The Morgan fingerprint density at radius 1 is 1.42 bits per heavy atom. The molecule has 0 radical (unpaired) electrons. The van der Waals surface area contributed by atoms with Crippen molar-refractivity contribution < 1.29 is 19.4 Å². The van der Waals surface area contributed by atoms with E-state index in [0.29, 0.717) is 11.1 Å². The van der Waals surface area contributed by atoms with Gasteiger partial charge < -0.3 is 14.6 Å². The highest BCUT2D eigenvalue weighted by atomic mass is 16.5. The van der Waals surface area contributed by atoms with E-state index >= 15 is 0 Å². The van der Waals surface area contributed by atoms with Crippen LogP contribution in [0.4, 0.5) is 0 Å². The number of aliphatic hydroxyl groups is 1. The highest BCUT2D eigenvalue weighted by Gasteiger charge is 2.14. The molecule has 1 aromatic rings. The molecule has 1 aliphatic heterocycles. The van der Waals surface area contributed by atoms with Gasteiger partial charge in [-0.3, -0.25) is 4.90 Å². The molecule has 1 aromatic carbocycles. The maximum atomic E-state index is 11.5. The summed E-state index contributed by atoms with van der Waals surface area (Å²) in [5.41, 5.74) is 2.12. The minimum absolute atomic E-state index is 0.165. The standard InChI is InChI=1S/C14H19NO4/c1-18-14(17)13-3-2-11(8-12(13)10-16)9-15-4-6-19-7-5-15/h2-3,8,16H,4-7,9-10H2,1H3. The van der Waals surface area contributed by atoms with Gasteiger partial charge in [0.2, 0.25) is 0 Å². The number of hydrogen-bond acceptors (Lipinski definition) is 5. The fourth-order valence-corrected chi connectivity index (χ4v) is 2.20. The van der Waals surface area contributed by atoms with Gasteiger partial charge in [-0.05, 0) is 17.2 Å². The van der Waals surface area contributed by atoms with E-state index in [1.165, 1.54) is 7.11 Å². The quantitative estimate of drug-likeness (QED) is 0.816. The van der Waals surface area contributed by atoms with Gasteiger partial charge in [-0.25, -0.2) is 4.79 Å². The number of hydrogen-bond donors (Lipinski definition) is 1. The number of carbonyl (C=O) groups is 1. The normalized spacial score (nSPS) is 16.3. The zero-order chi connectivity index (χ0) is 13.7. The average molecular weight is 265 g/mol. The van der Waals surface area contributed by atoms with E-state index in [0.717, 1.165) is 38.4 Å². The first kappa shape index (κ1) is 14.0. The van der Waals surface area contributed by atoms with Crippen LogP contribution < -0.4 is 0 Å². The number of nitrogens with zero attached hydrogens (tertiary/aromatic N) is 1. The Balaban J connectivity index is 2.11. The number of morpholine rings is 1. The Labute approximate surface area is 112 Å². The maximum absolute atomic E-state index is 11.5. The van der Waals surface area contributed by atoms with Crippen molar-refractivity contribution in [3.8, 4) is 0 Å². The molecule has 0 atom stereocenters. The fraction of sp³-hybridized carbons (Fsp3) is 0.500. The van der Waals surface area contributed by atoms with Gasteiger partial charge >= 0.3 is 5.97 Å². The first-order valence-corrected chi connectivity index (χ1v) is 6.35. The molecule has 0 bridgehead atoms. The number of carbonyl (C=O) groups excluding carboxylic acids is 1. The monoisotopic (exact) mass is 265 g/mol. The topological polar surface area (TPSA) is 59.0 Å². The molecule has 0 unspecified atom stereocenters. The van der Waals surface area contributed by atoms with Crippen LogP contribution in [-0.2, 0) is 22.6 Å². The van der Waals surface area contributed by atoms with Crippen molar-refractivity contribution in [2.75, 3.05) is 33.4 Å².